The maximum atomic E-state index is 11.5. The molecule has 2 aromatic rings. The maximum Gasteiger partial charge on any atom is 2.00 e. The van der Waals surface area contributed by atoms with E-state index in [4.69, 9.17) is 23.2 Å². The van der Waals surface area contributed by atoms with Crippen molar-refractivity contribution < 1.29 is 27.0 Å². The van der Waals surface area contributed by atoms with Crippen LogP contribution < -0.4 is 10.2 Å². The van der Waals surface area contributed by atoms with E-state index < -0.39 is 0 Å². The third kappa shape index (κ3) is 9.69. The molecule has 2 fully saturated rings. The molecule has 179 valence electrons. The third-order valence-corrected chi connectivity index (χ3v) is 6.41. The Morgan fingerprint density at radius 3 is 1.36 bits per heavy atom. The molecule has 0 unspecified atom stereocenters. The van der Waals surface area contributed by atoms with Crippen molar-refractivity contribution in [1.29, 1.82) is 0 Å². The number of nitrogens with zero attached hydrogens (tertiary/aromatic N) is 2. The van der Waals surface area contributed by atoms with Crippen LogP contribution in [0.3, 0.4) is 0 Å². The van der Waals surface area contributed by atoms with Gasteiger partial charge in [-0.25, -0.2) is 0 Å². The predicted octanol–water partition coefficient (Wildman–Crippen LogP) is 6.33. The summed E-state index contributed by atoms with van der Waals surface area (Å²) in [5.41, 5.74) is 1.19. The summed E-state index contributed by atoms with van der Waals surface area (Å²) in [4.78, 5) is 8.94. The SMILES string of the molecule is [Co+2].[O-]c1ccc(Cl)cc1C=NC1CCCCC1.[O-]c1ccc(Cl)cc1C=NC1CCCCC1. The van der Waals surface area contributed by atoms with Crippen molar-refractivity contribution in [3.63, 3.8) is 0 Å². The van der Waals surface area contributed by atoms with E-state index in [1.807, 2.05) is 0 Å². The molecule has 4 rings (SSSR count). The average molecular weight is 532 g/mol. The summed E-state index contributed by atoms with van der Waals surface area (Å²) in [5.74, 6) is -0.0204. The Balaban J connectivity index is 0.000000227. The minimum Gasteiger partial charge on any atom is -0.872 e. The zero-order valence-corrected chi connectivity index (χ0v) is 21.2. The van der Waals surface area contributed by atoms with Gasteiger partial charge in [-0.05, 0) is 61.1 Å². The molecule has 0 amide bonds. The van der Waals surface area contributed by atoms with E-state index in [-0.39, 0.29) is 28.3 Å². The van der Waals surface area contributed by atoms with Gasteiger partial charge < -0.3 is 10.2 Å². The third-order valence-electron chi connectivity index (χ3n) is 5.94. The van der Waals surface area contributed by atoms with Crippen molar-refractivity contribution in [2.75, 3.05) is 0 Å². The van der Waals surface area contributed by atoms with E-state index in [0.717, 1.165) is 25.7 Å². The maximum absolute atomic E-state index is 11.5. The van der Waals surface area contributed by atoms with Gasteiger partial charge in [0.15, 0.2) is 0 Å². The van der Waals surface area contributed by atoms with Gasteiger partial charge in [0, 0.05) is 34.6 Å². The molecule has 1 radical (unpaired) electrons. The molecule has 0 atom stereocenters. The van der Waals surface area contributed by atoms with Crippen LogP contribution in [0, 0.1) is 0 Å². The predicted molar refractivity (Wildman–Crippen MR) is 131 cm³/mol. The molecule has 33 heavy (non-hydrogen) atoms. The molecule has 0 N–H and O–H groups in total. The first kappa shape index (κ1) is 27.7. The first-order valence-corrected chi connectivity index (χ1v) is 12.3. The van der Waals surface area contributed by atoms with E-state index in [1.54, 1.807) is 36.7 Å². The van der Waals surface area contributed by atoms with Gasteiger partial charge in [0.1, 0.15) is 0 Å². The zero-order chi connectivity index (χ0) is 22.8. The molecule has 2 saturated carbocycles. The molecule has 0 aliphatic heterocycles. The molecule has 2 aliphatic carbocycles. The van der Waals surface area contributed by atoms with Crippen LogP contribution in [-0.2, 0) is 16.8 Å². The Labute approximate surface area is 217 Å². The van der Waals surface area contributed by atoms with E-state index >= 15 is 0 Å². The fraction of sp³-hybridized carbons (Fsp3) is 0.462. The fourth-order valence-corrected chi connectivity index (χ4v) is 4.43. The minimum atomic E-state index is -0.0102. The van der Waals surface area contributed by atoms with Crippen LogP contribution in [0.4, 0.5) is 0 Å². The van der Waals surface area contributed by atoms with E-state index in [2.05, 4.69) is 9.98 Å². The van der Waals surface area contributed by atoms with Gasteiger partial charge >= 0.3 is 16.8 Å². The smallest absolute Gasteiger partial charge is 0.872 e. The van der Waals surface area contributed by atoms with Crippen molar-refractivity contribution in [3.05, 3.63) is 57.6 Å². The molecule has 0 saturated heterocycles. The van der Waals surface area contributed by atoms with Crippen LogP contribution in [0.25, 0.3) is 0 Å². The molecule has 4 nitrogen and oxygen atoms in total. The van der Waals surface area contributed by atoms with Gasteiger partial charge in [-0.15, -0.1) is 0 Å². The van der Waals surface area contributed by atoms with Crippen molar-refractivity contribution in [2.45, 2.75) is 76.3 Å². The number of hydrogen-bond donors (Lipinski definition) is 0. The Hall–Kier alpha value is -1.53. The Bertz CT molecular complexity index is 849. The topological polar surface area (TPSA) is 70.8 Å². The largest absolute Gasteiger partial charge is 2.00 e. The number of aliphatic imine (C=N–C) groups is 2. The molecular formula is C26H30Cl2CoN2O2. The van der Waals surface area contributed by atoms with Crippen LogP contribution in [0.2, 0.25) is 10.0 Å². The van der Waals surface area contributed by atoms with Crippen LogP contribution in [-0.4, -0.2) is 24.5 Å². The van der Waals surface area contributed by atoms with Crippen LogP contribution in [0.5, 0.6) is 11.5 Å². The fourth-order valence-electron chi connectivity index (χ4n) is 4.07. The van der Waals surface area contributed by atoms with Crippen LogP contribution in [0.1, 0.15) is 75.3 Å². The van der Waals surface area contributed by atoms with Crippen LogP contribution in [0.15, 0.2) is 46.4 Å². The first-order chi connectivity index (χ1) is 15.5. The summed E-state index contributed by atoms with van der Waals surface area (Å²) >= 11 is 11.7. The molecule has 0 aromatic heterocycles. The summed E-state index contributed by atoms with van der Waals surface area (Å²) < 4.78 is 0. The Kier molecular flexibility index (Phi) is 12.3. The van der Waals surface area contributed by atoms with E-state index in [9.17, 15) is 10.2 Å². The average Bonchev–Trinajstić information content (AvgIpc) is 2.82. The quantitative estimate of drug-likeness (QED) is 0.432. The minimum absolute atomic E-state index is 0. The number of rotatable bonds is 4. The van der Waals surface area contributed by atoms with Gasteiger partial charge in [0.2, 0.25) is 0 Å². The van der Waals surface area contributed by atoms with E-state index in [1.165, 1.54) is 50.7 Å². The molecule has 0 spiro atoms. The van der Waals surface area contributed by atoms with Crippen molar-refractivity contribution in [1.82, 2.24) is 0 Å². The summed E-state index contributed by atoms with van der Waals surface area (Å²) in [5, 5.41) is 24.2. The first-order valence-electron chi connectivity index (χ1n) is 11.5. The number of halogens is 2. The second-order valence-corrected chi connectivity index (χ2v) is 9.38. The normalized spacial score (nSPS) is 17.5. The van der Waals surface area contributed by atoms with E-state index in [0.29, 0.717) is 33.3 Å². The zero-order valence-electron chi connectivity index (χ0n) is 18.6. The van der Waals surface area contributed by atoms with Gasteiger partial charge in [-0.2, -0.15) is 0 Å². The van der Waals surface area contributed by atoms with Crippen LogP contribution >= 0.6 is 23.2 Å². The van der Waals surface area contributed by atoms with Gasteiger partial charge in [-0.1, -0.05) is 85.4 Å². The molecule has 0 heterocycles. The van der Waals surface area contributed by atoms with Gasteiger partial charge in [0.25, 0.3) is 0 Å². The summed E-state index contributed by atoms with van der Waals surface area (Å²) in [6.45, 7) is 0. The number of benzene rings is 2. The monoisotopic (exact) mass is 531 g/mol. The summed E-state index contributed by atoms with van der Waals surface area (Å²) in [6, 6.07) is 10.4. The second-order valence-electron chi connectivity index (χ2n) is 8.50. The van der Waals surface area contributed by atoms with Crippen molar-refractivity contribution in [2.24, 2.45) is 9.98 Å². The van der Waals surface area contributed by atoms with Crippen molar-refractivity contribution >= 4 is 35.6 Å². The number of hydrogen-bond acceptors (Lipinski definition) is 4. The summed E-state index contributed by atoms with van der Waals surface area (Å²) in [7, 11) is 0. The molecule has 2 aromatic carbocycles. The van der Waals surface area contributed by atoms with Gasteiger partial charge in [-0.3, -0.25) is 9.98 Å². The van der Waals surface area contributed by atoms with Crippen molar-refractivity contribution in [3.8, 4) is 11.5 Å². The molecular weight excluding hydrogens is 502 g/mol. The second kappa shape index (κ2) is 14.7. The molecule has 7 heteroatoms. The Morgan fingerprint density at radius 2 is 1.00 bits per heavy atom. The standard InChI is InChI=1S/2C13H16ClNO.Co/c2*14-11-6-7-13(16)10(8-11)9-15-12-4-2-1-3-5-12;/h2*6-9,12,16H,1-5H2;/q;;+2/p-2. The van der Waals surface area contributed by atoms with Gasteiger partial charge in [0.05, 0.1) is 0 Å². The summed E-state index contributed by atoms with van der Waals surface area (Å²) in [6.07, 6.45) is 15.6. The molecule has 0 bridgehead atoms. The molecule has 2 aliphatic rings. The Morgan fingerprint density at radius 1 is 0.636 bits per heavy atom.